The monoisotopic (exact) mass is 317 g/mol. The number of hydrogen-bond acceptors (Lipinski definition) is 1. The van der Waals surface area contributed by atoms with Crippen molar-refractivity contribution < 1.29 is 0 Å². The van der Waals surface area contributed by atoms with Crippen LogP contribution in [-0.4, -0.2) is 6.54 Å². The van der Waals surface area contributed by atoms with Crippen molar-refractivity contribution in [3.8, 4) is 0 Å². The maximum atomic E-state index is 6.09. The fraction of sp³-hybridized carbons (Fsp3) is 0.571. The molecule has 1 aromatic carbocycles. The summed E-state index contributed by atoms with van der Waals surface area (Å²) < 4.78 is 1.14. The van der Waals surface area contributed by atoms with Crippen LogP contribution < -0.4 is 5.32 Å². The molecule has 0 saturated heterocycles. The van der Waals surface area contributed by atoms with Crippen LogP contribution in [0.15, 0.2) is 22.7 Å². The van der Waals surface area contributed by atoms with E-state index < -0.39 is 0 Å². The molecule has 1 rings (SSSR count). The van der Waals surface area contributed by atoms with Crippen LogP contribution in [0.25, 0.3) is 0 Å². The van der Waals surface area contributed by atoms with Gasteiger partial charge in [0.05, 0.1) is 0 Å². The van der Waals surface area contributed by atoms with E-state index in [2.05, 4.69) is 48.1 Å². The fourth-order valence-electron chi connectivity index (χ4n) is 1.91. The summed E-state index contributed by atoms with van der Waals surface area (Å²) in [6.07, 6.45) is 2.30. The molecule has 0 aliphatic heterocycles. The molecule has 0 amide bonds. The van der Waals surface area contributed by atoms with Crippen molar-refractivity contribution in [3.63, 3.8) is 0 Å². The molecule has 0 heterocycles. The summed E-state index contributed by atoms with van der Waals surface area (Å²) in [5, 5.41) is 4.42. The molecule has 0 radical (unpaired) electrons. The van der Waals surface area contributed by atoms with Crippen LogP contribution in [0.1, 0.15) is 45.2 Å². The minimum atomic E-state index is 0.369. The van der Waals surface area contributed by atoms with Gasteiger partial charge in [-0.1, -0.05) is 54.7 Å². The van der Waals surface area contributed by atoms with E-state index in [0.29, 0.717) is 12.0 Å². The van der Waals surface area contributed by atoms with Crippen molar-refractivity contribution in [3.05, 3.63) is 33.3 Å². The van der Waals surface area contributed by atoms with Crippen LogP contribution in [-0.2, 0) is 0 Å². The summed E-state index contributed by atoms with van der Waals surface area (Å²) in [4.78, 5) is 0. The van der Waals surface area contributed by atoms with Crippen molar-refractivity contribution in [2.24, 2.45) is 5.92 Å². The van der Waals surface area contributed by atoms with Gasteiger partial charge in [-0.2, -0.15) is 0 Å². The Kier molecular flexibility index (Phi) is 6.53. The highest BCUT2D eigenvalue weighted by atomic mass is 79.9. The standard InChI is InChI=1S/C14H21BrClN/c1-4-8-17-14(10(3)5-2)12-9-11(16)6-7-13(12)15/h6-7,9-10,14,17H,4-5,8H2,1-3H3. The second-order valence-electron chi connectivity index (χ2n) is 4.48. The largest absolute Gasteiger partial charge is 0.310 e. The topological polar surface area (TPSA) is 12.0 Å². The molecule has 0 spiro atoms. The average Bonchev–Trinajstić information content (AvgIpc) is 2.33. The lowest BCUT2D eigenvalue weighted by Crippen LogP contribution is -2.27. The molecule has 0 fully saturated rings. The van der Waals surface area contributed by atoms with Crippen molar-refractivity contribution in [1.29, 1.82) is 0 Å². The van der Waals surface area contributed by atoms with Crippen LogP contribution >= 0.6 is 27.5 Å². The molecule has 0 aliphatic carbocycles. The first kappa shape index (κ1) is 15.0. The van der Waals surface area contributed by atoms with Gasteiger partial charge >= 0.3 is 0 Å². The normalized spacial score (nSPS) is 14.6. The van der Waals surface area contributed by atoms with E-state index in [-0.39, 0.29) is 0 Å². The average molecular weight is 319 g/mol. The fourth-order valence-corrected chi connectivity index (χ4v) is 2.58. The molecular weight excluding hydrogens is 298 g/mol. The second-order valence-corrected chi connectivity index (χ2v) is 5.77. The van der Waals surface area contributed by atoms with E-state index in [1.54, 1.807) is 0 Å². The minimum Gasteiger partial charge on any atom is -0.310 e. The summed E-state index contributed by atoms with van der Waals surface area (Å²) >= 11 is 9.72. The Morgan fingerprint density at radius 1 is 1.35 bits per heavy atom. The number of nitrogens with one attached hydrogen (secondary N) is 1. The van der Waals surface area contributed by atoms with Gasteiger partial charge in [0.1, 0.15) is 0 Å². The Morgan fingerprint density at radius 3 is 2.65 bits per heavy atom. The summed E-state index contributed by atoms with van der Waals surface area (Å²) in [5.41, 5.74) is 1.26. The predicted octanol–water partition coefficient (Wildman–Crippen LogP) is 5.19. The van der Waals surface area contributed by atoms with E-state index in [1.807, 2.05) is 12.1 Å². The number of hydrogen-bond donors (Lipinski definition) is 1. The molecule has 17 heavy (non-hydrogen) atoms. The molecule has 1 nitrogen and oxygen atoms in total. The van der Waals surface area contributed by atoms with E-state index in [0.717, 1.165) is 28.9 Å². The van der Waals surface area contributed by atoms with Crippen molar-refractivity contribution >= 4 is 27.5 Å². The van der Waals surface area contributed by atoms with E-state index in [1.165, 1.54) is 5.56 Å². The second kappa shape index (κ2) is 7.40. The minimum absolute atomic E-state index is 0.369. The summed E-state index contributed by atoms with van der Waals surface area (Å²) in [6.45, 7) is 7.73. The molecule has 2 unspecified atom stereocenters. The van der Waals surface area contributed by atoms with E-state index >= 15 is 0 Å². The zero-order chi connectivity index (χ0) is 12.8. The Labute approximate surface area is 118 Å². The summed E-state index contributed by atoms with van der Waals surface area (Å²) in [5.74, 6) is 0.594. The molecular formula is C14H21BrClN. The maximum Gasteiger partial charge on any atom is 0.0410 e. The van der Waals surface area contributed by atoms with E-state index in [9.17, 15) is 0 Å². The molecule has 96 valence electrons. The first-order valence-electron chi connectivity index (χ1n) is 6.28. The quantitative estimate of drug-likeness (QED) is 0.761. The van der Waals surface area contributed by atoms with Gasteiger partial charge in [-0.15, -0.1) is 0 Å². The third-order valence-corrected chi connectivity index (χ3v) is 4.08. The third kappa shape index (κ3) is 4.27. The Morgan fingerprint density at radius 2 is 2.06 bits per heavy atom. The van der Waals surface area contributed by atoms with Gasteiger partial charge in [0.25, 0.3) is 0 Å². The van der Waals surface area contributed by atoms with Gasteiger partial charge < -0.3 is 5.32 Å². The van der Waals surface area contributed by atoms with Gasteiger partial charge in [0.15, 0.2) is 0 Å². The highest BCUT2D eigenvalue weighted by Crippen LogP contribution is 2.32. The highest BCUT2D eigenvalue weighted by Gasteiger charge is 2.19. The zero-order valence-electron chi connectivity index (χ0n) is 10.8. The van der Waals surface area contributed by atoms with Crippen molar-refractivity contribution in [2.75, 3.05) is 6.54 Å². The Balaban J connectivity index is 2.98. The smallest absolute Gasteiger partial charge is 0.0410 e. The number of rotatable bonds is 6. The molecule has 1 N–H and O–H groups in total. The maximum absolute atomic E-state index is 6.09. The van der Waals surface area contributed by atoms with E-state index in [4.69, 9.17) is 11.6 Å². The molecule has 0 aliphatic rings. The zero-order valence-corrected chi connectivity index (χ0v) is 13.1. The Bertz CT molecular complexity index is 354. The van der Waals surface area contributed by atoms with Crippen LogP contribution in [0.4, 0.5) is 0 Å². The van der Waals surface area contributed by atoms with Crippen LogP contribution in [0.5, 0.6) is 0 Å². The van der Waals surface area contributed by atoms with Crippen molar-refractivity contribution in [1.82, 2.24) is 5.32 Å². The lowest BCUT2D eigenvalue weighted by molar-refractivity contribution is 0.376. The summed E-state index contributed by atoms with van der Waals surface area (Å²) in [6, 6.07) is 6.38. The molecule has 2 atom stereocenters. The van der Waals surface area contributed by atoms with Crippen LogP contribution in [0.2, 0.25) is 5.02 Å². The SMILES string of the molecule is CCCNC(c1cc(Cl)ccc1Br)C(C)CC. The van der Waals surface area contributed by atoms with Crippen LogP contribution in [0.3, 0.4) is 0 Å². The molecule has 0 aromatic heterocycles. The molecule has 0 saturated carbocycles. The van der Waals surface area contributed by atoms with Gasteiger partial charge in [-0.05, 0) is 42.6 Å². The molecule has 0 bridgehead atoms. The molecule has 1 aromatic rings. The van der Waals surface area contributed by atoms with Gasteiger partial charge in [0.2, 0.25) is 0 Å². The molecule has 3 heteroatoms. The first-order chi connectivity index (χ1) is 8.10. The van der Waals surface area contributed by atoms with Gasteiger partial charge in [0, 0.05) is 15.5 Å². The van der Waals surface area contributed by atoms with Gasteiger partial charge in [-0.3, -0.25) is 0 Å². The Hall–Kier alpha value is -0.0500. The van der Waals surface area contributed by atoms with Gasteiger partial charge in [-0.25, -0.2) is 0 Å². The number of halogens is 2. The van der Waals surface area contributed by atoms with Crippen LogP contribution in [0, 0.1) is 5.92 Å². The third-order valence-electron chi connectivity index (χ3n) is 3.12. The highest BCUT2D eigenvalue weighted by molar-refractivity contribution is 9.10. The lowest BCUT2D eigenvalue weighted by Gasteiger charge is -2.26. The van der Waals surface area contributed by atoms with Crippen molar-refractivity contribution in [2.45, 2.75) is 39.7 Å². The first-order valence-corrected chi connectivity index (χ1v) is 7.45. The summed E-state index contributed by atoms with van der Waals surface area (Å²) in [7, 11) is 0. The predicted molar refractivity (Wildman–Crippen MR) is 79.6 cm³/mol. The lowest BCUT2D eigenvalue weighted by atomic mass is 9.92. The number of benzene rings is 1.